The number of nitrogens with one attached hydrogen (secondary N) is 2. The number of phenolic OH excluding ortho intramolecular Hbond substituents is 1. The third-order valence-electron chi connectivity index (χ3n) is 6.88. The van der Waals surface area contributed by atoms with Gasteiger partial charge in [0.1, 0.15) is 23.9 Å². The summed E-state index contributed by atoms with van der Waals surface area (Å²) in [5.41, 5.74) is 0.221. The van der Waals surface area contributed by atoms with Gasteiger partial charge in [-0.25, -0.2) is 0 Å². The molecule has 1 heterocycles. The zero-order chi connectivity index (χ0) is 23.7. The van der Waals surface area contributed by atoms with E-state index in [4.69, 9.17) is 4.74 Å². The second-order valence-electron chi connectivity index (χ2n) is 9.00. The lowest BCUT2D eigenvalue weighted by molar-refractivity contribution is -0.131. The van der Waals surface area contributed by atoms with Crippen LogP contribution in [0.4, 0.5) is 0 Å². The van der Waals surface area contributed by atoms with Gasteiger partial charge in [0.15, 0.2) is 5.78 Å². The van der Waals surface area contributed by atoms with Crippen molar-refractivity contribution in [3.05, 3.63) is 77.9 Å². The Morgan fingerprint density at radius 3 is 2.65 bits per heavy atom. The Morgan fingerprint density at radius 2 is 1.82 bits per heavy atom. The minimum Gasteiger partial charge on any atom is -0.508 e. The van der Waals surface area contributed by atoms with Crippen molar-refractivity contribution in [1.82, 2.24) is 10.6 Å². The zero-order valence-electron chi connectivity index (χ0n) is 18.6. The molecule has 2 aliphatic rings. The van der Waals surface area contributed by atoms with Crippen LogP contribution in [0, 0.1) is 0 Å². The van der Waals surface area contributed by atoms with Crippen molar-refractivity contribution in [2.24, 2.45) is 0 Å². The van der Waals surface area contributed by atoms with Crippen LogP contribution in [0.3, 0.4) is 0 Å². The van der Waals surface area contributed by atoms with Crippen LogP contribution in [-0.2, 0) is 20.7 Å². The molecular weight excluding hydrogens is 432 g/mol. The molecule has 3 aromatic carbocycles. The minimum absolute atomic E-state index is 0.00403. The summed E-state index contributed by atoms with van der Waals surface area (Å²) < 4.78 is 5.62. The summed E-state index contributed by atoms with van der Waals surface area (Å²) in [6, 6.07) is 18.6. The van der Waals surface area contributed by atoms with Gasteiger partial charge in [0.25, 0.3) is 5.91 Å². The van der Waals surface area contributed by atoms with E-state index in [1.165, 1.54) is 12.1 Å². The van der Waals surface area contributed by atoms with Crippen molar-refractivity contribution < 1.29 is 24.2 Å². The molecule has 3 aromatic rings. The average molecular weight is 459 g/mol. The van der Waals surface area contributed by atoms with Gasteiger partial charge in [0.2, 0.25) is 5.91 Å². The van der Waals surface area contributed by atoms with Crippen LogP contribution in [-0.4, -0.2) is 47.0 Å². The molecule has 3 N–H and O–H groups in total. The Balaban J connectivity index is 1.43. The first-order valence-corrected chi connectivity index (χ1v) is 11.5. The number of Topliss-reactive ketones (excluding diaryl/α,β-unsaturated/α-hetero) is 1. The van der Waals surface area contributed by atoms with Crippen LogP contribution >= 0.6 is 0 Å². The molecule has 1 aliphatic carbocycles. The van der Waals surface area contributed by atoms with Crippen LogP contribution in [0.25, 0.3) is 10.8 Å². The number of carbonyl (C=O) groups excluding carboxylic acids is 3. The maximum atomic E-state index is 13.5. The van der Waals surface area contributed by atoms with Gasteiger partial charge in [0.05, 0.1) is 6.10 Å². The number of rotatable bonds is 6. The molecule has 0 radical (unpaired) electrons. The fraction of sp³-hybridized carbons (Fsp3) is 0.296. The van der Waals surface area contributed by atoms with Gasteiger partial charge in [0, 0.05) is 12.0 Å². The minimum atomic E-state index is -1.02. The quantitative estimate of drug-likeness (QED) is 0.527. The lowest BCUT2D eigenvalue weighted by Crippen LogP contribution is -2.60. The van der Waals surface area contributed by atoms with Crippen molar-refractivity contribution in [2.75, 3.05) is 6.61 Å². The fourth-order valence-corrected chi connectivity index (χ4v) is 5.08. The highest BCUT2D eigenvalue weighted by Gasteiger charge is 2.55. The Labute approximate surface area is 197 Å². The van der Waals surface area contributed by atoms with Gasteiger partial charge in [-0.15, -0.1) is 0 Å². The Kier molecular flexibility index (Phi) is 5.79. The summed E-state index contributed by atoms with van der Waals surface area (Å²) in [4.78, 5) is 39.5. The Morgan fingerprint density at radius 1 is 1.06 bits per heavy atom. The molecule has 3 atom stereocenters. The molecule has 0 aromatic heterocycles. The monoisotopic (exact) mass is 458 g/mol. The summed E-state index contributed by atoms with van der Waals surface area (Å²) in [5, 5.41) is 17.2. The van der Waals surface area contributed by atoms with E-state index >= 15 is 0 Å². The number of fused-ring (bicyclic) bond motifs is 2. The molecule has 0 bridgehead atoms. The maximum absolute atomic E-state index is 13.5. The summed E-state index contributed by atoms with van der Waals surface area (Å²) in [5.74, 6) is -0.796. The number of aromatic hydroxyl groups is 1. The van der Waals surface area contributed by atoms with Crippen LogP contribution in [0.1, 0.15) is 35.2 Å². The molecule has 7 nitrogen and oxygen atoms in total. The second kappa shape index (κ2) is 8.91. The summed E-state index contributed by atoms with van der Waals surface area (Å²) >= 11 is 0. The number of amides is 2. The first-order chi connectivity index (χ1) is 16.5. The van der Waals surface area contributed by atoms with Gasteiger partial charge >= 0.3 is 0 Å². The number of phenols is 1. The topological polar surface area (TPSA) is 105 Å². The molecule has 1 saturated heterocycles. The Hall–Kier alpha value is -3.71. The van der Waals surface area contributed by atoms with Crippen molar-refractivity contribution >= 4 is 28.4 Å². The Bertz CT molecular complexity index is 1250. The highest BCUT2D eigenvalue weighted by atomic mass is 16.5. The molecule has 2 amide bonds. The van der Waals surface area contributed by atoms with E-state index in [1.54, 1.807) is 18.2 Å². The highest BCUT2D eigenvalue weighted by molar-refractivity contribution is 6.08. The van der Waals surface area contributed by atoms with E-state index < -0.39 is 17.5 Å². The lowest BCUT2D eigenvalue weighted by atomic mass is 9.91. The number of carbonyl (C=O) groups is 3. The van der Waals surface area contributed by atoms with Gasteiger partial charge in [-0.3, -0.25) is 14.4 Å². The SMILES string of the molecule is O=C(N[C@@H](Cc1ccc(O)cc1)C(=O)N[C@]12CCC[C@H]1OCC2=O)c1cccc2ccccc12. The van der Waals surface area contributed by atoms with Crippen molar-refractivity contribution in [1.29, 1.82) is 0 Å². The van der Waals surface area contributed by atoms with E-state index in [9.17, 15) is 19.5 Å². The third-order valence-corrected chi connectivity index (χ3v) is 6.88. The van der Waals surface area contributed by atoms with E-state index in [0.29, 0.717) is 12.0 Å². The van der Waals surface area contributed by atoms with E-state index in [-0.39, 0.29) is 36.6 Å². The molecule has 7 heteroatoms. The van der Waals surface area contributed by atoms with Crippen molar-refractivity contribution in [3.8, 4) is 5.75 Å². The number of benzene rings is 3. The van der Waals surface area contributed by atoms with Crippen LogP contribution < -0.4 is 10.6 Å². The predicted octanol–water partition coefficient (Wildman–Crippen LogP) is 2.89. The number of ketones is 1. The molecule has 1 aliphatic heterocycles. The van der Waals surface area contributed by atoms with Gasteiger partial charge in [-0.1, -0.05) is 48.5 Å². The van der Waals surface area contributed by atoms with E-state index in [2.05, 4.69) is 10.6 Å². The molecule has 1 saturated carbocycles. The predicted molar refractivity (Wildman–Crippen MR) is 126 cm³/mol. The van der Waals surface area contributed by atoms with Crippen molar-refractivity contribution in [3.63, 3.8) is 0 Å². The van der Waals surface area contributed by atoms with Crippen molar-refractivity contribution in [2.45, 2.75) is 43.4 Å². The molecule has 174 valence electrons. The third kappa shape index (κ3) is 4.03. The molecule has 0 spiro atoms. The number of hydrogen-bond donors (Lipinski definition) is 3. The smallest absolute Gasteiger partial charge is 0.252 e. The number of hydrogen-bond acceptors (Lipinski definition) is 5. The van der Waals surface area contributed by atoms with Crippen LogP contribution in [0.15, 0.2) is 66.7 Å². The number of ether oxygens (including phenoxy) is 1. The van der Waals surface area contributed by atoms with Crippen LogP contribution in [0.5, 0.6) is 5.75 Å². The standard InChI is InChI=1S/C27H26N2O5/c30-19-12-10-17(11-13-19)15-22(26(33)29-27-14-4-9-24(27)34-16-23(27)31)28-25(32)21-8-3-6-18-5-1-2-7-20(18)21/h1-3,5-8,10-13,22,24,30H,4,9,14-16H2,(H,28,32)(H,29,33)/t22-,24+,27-/m0/s1. The molecule has 0 unspecified atom stereocenters. The zero-order valence-corrected chi connectivity index (χ0v) is 18.6. The molecular formula is C27H26N2O5. The highest BCUT2D eigenvalue weighted by Crippen LogP contribution is 2.38. The summed E-state index contributed by atoms with van der Waals surface area (Å²) in [7, 11) is 0. The van der Waals surface area contributed by atoms with E-state index in [0.717, 1.165) is 29.2 Å². The average Bonchev–Trinajstić information content (AvgIpc) is 3.38. The first-order valence-electron chi connectivity index (χ1n) is 11.5. The molecule has 2 fully saturated rings. The summed E-state index contributed by atoms with van der Waals surface area (Å²) in [6.45, 7) is -0.00403. The molecule has 34 heavy (non-hydrogen) atoms. The summed E-state index contributed by atoms with van der Waals surface area (Å²) in [6.07, 6.45) is 1.93. The molecule has 5 rings (SSSR count). The maximum Gasteiger partial charge on any atom is 0.252 e. The fourth-order valence-electron chi connectivity index (χ4n) is 5.08. The normalized spacial score (nSPS) is 22.4. The van der Waals surface area contributed by atoms with E-state index in [1.807, 2.05) is 36.4 Å². The largest absolute Gasteiger partial charge is 0.508 e. The van der Waals surface area contributed by atoms with Gasteiger partial charge in [-0.05, 0) is 53.8 Å². The lowest BCUT2D eigenvalue weighted by Gasteiger charge is -2.30. The second-order valence-corrected chi connectivity index (χ2v) is 9.00. The van der Waals surface area contributed by atoms with Gasteiger partial charge < -0.3 is 20.5 Å². The van der Waals surface area contributed by atoms with Gasteiger partial charge in [-0.2, -0.15) is 0 Å². The van der Waals surface area contributed by atoms with Crippen LogP contribution in [0.2, 0.25) is 0 Å². The first kappa shape index (κ1) is 22.1.